The minimum Gasteiger partial charge on any atom is -0.387 e. The lowest BCUT2D eigenvalue weighted by atomic mass is 9.49. The van der Waals surface area contributed by atoms with Crippen molar-refractivity contribution in [1.82, 2.24) is 0 Å². The van der Waals surface area contributed by atoms with Gasteiger partial charge in [-0.15, -0.1) is 0 Å². The quantitative estimate of drug-likeness (QED) is 0.752. The van der Waals surface area contributed by atoms with Gasteiger partial charge in [0.1, 0.15) is 12.5 Å². The average Bonchev–Trinajstić information content (AvgIpc) is 2.99. The Morgan fingerprint density at radius 1 is 1.08 bits per heavy atom. The van der Waals surface area contributed by atoms with Gasteiger partial charge >= 0.3 is 0 Å². The number of ketones is 1. The molecule has 4 rings (SSSR count). The molecule has 26 heavy (non-hydrogen) atoms. The largest absolute Gasteiger partial charge is 0.387 e. The number of aliphatic hydroxyl groups is 1. The summed E-state index contributed by atoms with van der Waals surface area (Å²) < 4.78 is 13.3. The van der Waals surface area contributed by atoms with Gasteiger partial charge in [-0.1, -0.05) is 6.92 Å². The molecule has 4 saturated carbocycles. The highest BCUT2D eigenvalue weighted by atomic mass is 32.2. The Bertz CT molecular complexity index is 554. The highest BCUT2D eigenvalue weighted by Gasteiger charge is 2.58. The van der Waals surface area contributed by atoms with Gasteiger partial charge in [-0.2, -0.15) is 11.8 Å². The number of carbonyl (C=O) groups is 1. The summed E-state index contributed by atoms with van der Waals surface area (Å²) in [4.78, 5) is 12.7. The van der Waals surface area contributed by atoms with E-state index in [-0.39, 0.29) is 11.3 Å². The average molecular weight is 383 g/mol. The van der Waals surface area contributed by atoms with Crippen molar-refractivity contribution in [1.29, 1.82) is 0 Å². The van der Waals surface area contributed by atoms with Gasteiger partial charge in [0.15, 0.2) is 0 Å². The summed E-state index contributed by atoms with van der Waals surface area (Å²) in [7, 11) is 0. The topological polar surface area (TPSA) is 37.3 Å². The zero-order chi connectivity index (χ0) is 18.5. The Morgan fingerprint density at radius 2 is 1.85 bits per heavy atom. The summed E-state index contributed by atoms with van der Waals surface area (Å²) in [5.74, 6) is 4.87. The Kier molecular flexibility index (Phi) is 5.22. The normalized spacial score (nSPS) is 50.6. The fraction of sp³-hybridized carbons (Fsp3) is 0.955. The summed E-state index contributed by atoms with van der Waals surface area (Å²) in [5.41, 5.74) is -0.824. The number of fused-ring (bicyclic) bond motifs is 5. The second kappa shape index (κ2) is 7.06. The van der Waals surface area contributed by atoms with E-state index in [1.54, 1.807) is 11.8 Å². The molecule has 0 aromatic rings. The lowest BCUT2D eigenvalue weighted by Crippen LogP contribution is -2.52. The smallest absolute Gasteiger partial charge is 0.146 e. The highest BCUT2D eigenvalue weighted by molar-refractivity contribution is 7.99. The molecule has 0 bridgehead atoms. The van der Waals surface area contributed by atoms with Crippen LogP contribution < -0.4 is 0 Å². The summed E-state index contributed by atoms with van der Waals surface area (Å²) in [5, 5.41) is 10.4. The predicted octanol–water partition coefficient (Wildman–Crippen LogP) is 4.89. The molecule has 0 spiro atoms. The van der Waals surface area contributed by atoms with Crippen molar-refractivity contribution in [2.24, 2.45) is 40.9 Å². The molecule has 1 N–H and O–H groups in total. The Hall–Kier alpha value is -0.0900. The lowest BCUT2D eigenvalue weighted by molar-refractivity contribution is -0.131. The summed E-state index contributed by atoms with van der Waals surface area (Å²) in [6, 6.07) is 0. The van der Waals surface area contributed by atoms with Crippen LogP contribution in [0.25, 0.3) is 0 Å². The molecule has 4 heteroatoms. The van der Waals surface area contributed by atoms with E-state index in [1.807, 2.05) is 6.26 Å². The van der Waals surface area contributed by atoms with E-state index in [0.29, 0.717) is 42.1 Å². The van der Waals surface area contributed by atoms with Crippen LogP contribution in [0, 0.1) is 40.9 Å². The minimum absolute atomic E-state index is 0.217. The Balaban J connectivity index is 1.50. The molecule has 0 unspecified atom stereocenters. The van der Waals surface area contributed by atoms with Gasteiger partial charge in [0.05, 0.1) is 11.4 Å². The Morgan fingerprint density at radius 3 is 2.58 bits per heavy atom. The number of rotatable bonds is 4. The third kappa shape index (κ3) is 2.98. The number of Topliss-reactive ketones (excluding diaryl/α,β-unsaturated/α-hetero) is 1. The molecule has 0 heterocycles. The zero-order valence-corrected chi connectivity index (χ0v) is 17.2. The van der Waals surface area contributed by atoms with Gasteiger partial charge in [-0.25, -0.2) is 4.39 Å². The van der Waals surface area contributed by atoms with Crippen LogP contribution in [-0.2, 0) is 4.79 Å². The molecule has 0 amide bonds. The van der Waals surface area contributed by atoms with Crippen molar-refractivity contribution in [3.8, 4) is 0 Å². The maximum atomic E-state index is 13.3. The van der Waals surface area contributed by atoms with Gasteiger partial charge < -0.3 is 5.11 Å². The number of alkyl halides is 1. The third-order valence-corrected chi connectivity index (χ3v) is 9.60. The molecule has 0 aromatic heterocycles. The molecular weight excluding hydrogens is 347 g/mol. The summed E-state index contributed by atoms with van der Waals surface area (Å²) >= 11 is 1.67. The van der Waals surface area contributed by atoms with Crippen LogP contribution in [0.1, 0.15) is 64.7 Å². The van der Waals surface area contributed by atoms with Crippen molar-refractivity contribution < 1.29 is 14.3 Å². The number of halogens is 1. The molecule has 8 atom stereocenters. The molecule has 2 nitrogen and oxygen atoms in total. The number of thioether (sulfide) groups is 1. The second-order valence-electron chi connectivity index (χ2n) is 10.1. The van der Waals surface area contributed by atoms with E-state index >= 15 is 0 Å². The molecule has 0 aromatic carbocycles. The van der Waals surface area contributed by atoms with Crippen LogP contribution in [0.4, 0.5) is 4.39 Å². The maximum absolute atomic E-state index is 13.3. The first kappa shape index (κ1) is 19.2. The van der Waals surface area contributed by atoms with Gasteiger partial charge in [0, 0.05) is 5.92 Å². The molecule has 4 aliphatic rings. The van der Waals surface area contributed by atoms with Crippen molar-refractivity contribution in [2.45, 2.75) is 70.3 Å². The molecule has 0 aliphatic heterocycles. The maximum Gasteiger partial charge on any atom is 0.146 e. The van der Waals surface area contributed by atoms with Gasteiger partial charge in [-0.05, 0) is 99.0 Å². The van der Waals surface area contributed by atoms with E-state index in [9.17, 15) is 14.3 Å². The number of hydrogen-bond donors (Lipinski definition) is 1. The van der Waals surface area contributed by atoms with E-state index < -0.39 is 12.3 Å². The van der Waals surface area contributed by atoms with Crippen LogP contribution in [-0.4, -0.2) is 35.2 Å². The van der Waals surface area contributed by atoms with E-state index in [1.165, 1.54) is 25.7 Å². The summed E-state index contributed by atoms with van der Waals surface area (Å²) in [6.45, 7) is 1.84. The van der Waals surface area contributed by atoms with Gasteiger partial charge in [-0.3, -0.25) is 4.79 Å². The van der Waals surface area contributed by atoms with Crippen molar-refractivity contribution >= 4 is 17.5 Å². The fourth-order valence-corrected chi connectivity index (χ4v) is 8.34. The SMILES string of the molecule is CSCC(=O)[C@H]1CC[C@H]2[C@@H]3CC[C@@H]4C[C@@](O)(CF)CC[C@@H]4[C@H]3CC[C@]12C. The van der Waals surface area contributed by atoms with Gasteiger partial charge in [0.2, 0.25) is 0 Å². The first-order valence-electron chi connectivity index (χ1n) is 10.7. The van der Waals surface area contributed by atoms with Crippen LogP contribution in [0.5, 0.6) is 0 Å². The second-order valence-corrected chi connectivity index (χ2v) is 11.0. The highest BCUT2D eigenvalue weighted by Crippen LogP contribution is 2.64. The third-order valence-electron chi connectivity index (χ3n) is 9.03. The lowest BCUT2D eigenvalue weighted by Gasteiger charge is -2.57. The molecule has 0 radical (unpaired) electrons. The van der Waals surface area contributed by atoms with Crippen LogP contribution in [0.15, 0.2) is 0 Å². The van der Waals surface area contributed by atoms with E-state index in [0.717, 1.165) is 31.1 Å². The minimum atomic E-state index is -1.04. The first-order chi connectivity index (χ1) is 12.4. The summed E-state index contributed by atoms with van der Waals surface area (Å²) in [6.07, 6.45) is 11.5. The zero-order valence-electron chi connectivity index (χ0n) is 16.4. The molecule has 4 fully saturated rings. The van der Waals surface area contributed by atoms with E-state index in [4.69, 9.17) is 0 Å². The van der Waals surface area contributed by atoms with Crippen molar-refractivity contribution in [3.63, 3.8) is 0 Å². The number of hydrogen-bond acceptors (Lipinski definition) is 3. The van der Waals surface area contributed by atoms with Crippen LogP contribution >= 0.6 is 11.8 Å². The molecule has 4 aliphatic carbocycles. The van der Waals surface area contributed by atoms with E-state index in [2.05, 4.69) is 6.92 Å². The predicted molar refractivity (Wildman–Crippen MR) is 105 cm³/mol. The van der Waals surface area contributed by atoms with Crippen molar-refractivity contribution in [3.05, 3.63) is 0 Å². The fourth-order valence-electron chi connectivity index (χ4n) is 7.86. The van der Waals surface area contributed by atoms with Gasteiger partial charge in [0.25, 0.3) is 0 Å². The number of carbonyl (C=O) groups excluding carboxylic acids is 1. The van der Waals surface area contributed by atoms with Crippen molar-refractivity contribution in [2.75, 3.05) is 18.7 Å². The van der Waals surface area contributed by atoms with Crippen LogP contribution in [0.3, 0.4) is 0 Å². The molecular formula is C22H35FO2S. The standard InChI is InChI=1S/C22H35FO2S/c1-21-9-7-16-15-8-10-22(25,13-23)11-14(15)3-4-17(16)18(21)5-6-19(21)20(24)12-26-2/h14-19,25H,3-13H2,1-2H3/t14-,15+,16-,17-,18+,19-,21+,22-/m1/s1. The Labute approximate surface area is 162 Å². The van der Waals surface area contributed by atoms with Crippen LogP contribution in [0.2, 0.25) is 0 Å². The monoisotopic (exact) mass is 382 g/mol. The first-order valence-corrected chi connectivity index (χ1v) is 12.1. The molecule has 0 saturated heterocycles. The molecule has 148 valence electrons.